The molecule has 0 bridgehead atoms. The van der Waals surface area contributed by atoms with Crippen LogP contribution in [0.15, 0.2) is 18.2 Å². The number of nitrogen functional groups attached to an aromatic ring is 1. The Balaban J connectivity index is 1.98. The van der Waals surface area contributed by atoms with Gasteiger partial charge in [0.25, 0.3) is 0 Å². The molecule has 1 heterocycles. The zero-order valence-corrected chi connectivity index (χ0v) is 12.4. The van der Waals surface area contributed by atoms with Crippen LogP contribution in [0.1, 0.15) is 20.3 Å². The highest BCUT2D eigenvalue weighted by Crippen LogP contribution is 2.20. The molecule has 21 heavy (non-hydrogen) atoms. The SMILES string of the molecule is CCC1COC(C)CN1CC(=O)Nc1cc(F)ccc1N. The highest BCUT2D eigenvalue weighted by atomic mass is 19.1. The number of hydrogen-bond acceptors (Lipinski definition) is 4. The zero-order valence-electron chi connectivity index (χ0n) is 12.4. The van der Waals surface area contributed by atoms with E-state index in [1.807, 2.05) is 6.92 Å². The van der Waals surface area contributed by atoms with E-state index in [0.29, 0.717) is 24.5 Å². The molecule has 0 aliphatic carbocycles. The Hall–Kier alpha value is -1.66. The first kappa shape index (κ1) is 15.7. The van der Waals surface area contributed by atoms with Crippen molar-refractivity contribution in [3.63, 3.8) is 0 Å². The molecule has 0 saturated carbocycles. The molecule has 0 aromatic heterocycles. The number of morpholine rings is 1. The van der Waals surface area contributed by atoms with Crippen molar-refractivity contribution >= 4 is 17.3 Å². The van der Waals surface area contributed by atoms with E-state index in [-0.39, 0.29) is 24.6 Å². The van der Waals surface area contributed by atoms with E-state index in [2.05, 4.69) is 17.1 Å². The summed E-state index contributed by atoms with van der Waals surface area (Å²) in [7, 11) is 0. The molecule has 1 fully saturated rings. The summed E-state index contributed by atoms with van der Waals surface area (Å²) in [6.07, 6.45) is 1.03. The Morgan fingerprint density at radius 1 is 1.57 bits per heavy atom. The first-order valence-corrected chi connectivity index (χ1v) is 7.20. The number of carbonyl (C=O) groups is 1. The number of amides is 1. The molecule has 1 aromatic rings. The maximum Gasteiger partial charge on any atom is 0.238 e. The number of nitrogens with zero attached hydrogens (tertiary/aromatic N) is 1. The van der Waals surface area contributed by atoms with Crippen LogP contribution in [0, 0.1) is 5.82 Å². The summed E-state index contributed by atoms with van der Waals surface area (Å²) in [5.74, 6) is -0.620. The number of nitrogens with two attached hydrogens (primary N) is 1. The minimum Gasteiger partial charge on any atom is -0.397 e. The molecule has 0 radical (unpaired) electrons. The summed E-state index contributed by atoms with van der Waals surface area (Å²) >= 11 is 0. The average Bonchev–Trinajstić information content (AvgIpc) is 2.43. The number of halogens is 1. The topological polar surface area (TPSA) is 67.6 Å². The molecule has 2 atom stereocenters. The second-order valence-electron chi connectivity index (χ2n) is 5.42. The Morgan fingerprint density at radius 3 is 3.05 bits per heavy atom. The highest BCUT2D eigenvalue weighted by molar-refractivity contribution is 5.95. The predicted octanol–water partition coefficient (Wildman–Crippen LogP) is 1.85. The minimum absolute atomic E-state index is 0.111. The largest absolute Gasteiger partial charge is 0.397 e. The van der Waals surface area contributed by atoms with Gasteiger partial charge >= 0.3 is 0 Å². The van der Waals surface area contributed by atoms with Gasteiger partial charge in [0.15, 0.2) is 0 Å². The lowest BCUT2D eigenvalue weighted by atomic mass is 10.1. The van der Waals surface area contributed by atoms with E-state index in [1.54, 1.807) is 0 Å². The van der Waals surface area contributed by atoms with Gasteiger partial charge in [-0.1, -0.05) is 6.92 Å². The predicted molar refractivity (Wildman–Crippen MR) is 80.5 cm³/mol. The number of hydrogen-bond donors (Lipinski definition) is 2. The summed E-state index contributed by atoms with van der Waals surface area (Å²) in [6.45, 7) is 5.65. The van der Waals surface area contributed by atoms with Gasteiger partial charge in [0.1, 0.15) is 5.82 Å². The van der Waals surface area contributed by atoms with Crippen LogP contribution in [0.5, 0.6) is 0 Å². The van der Waals surface area contributed by atoms with Crippen LogP contribution in [-0.2, 0) is 9.53 Å². The van der Waals surface area contributed by atoms with Gasteiger partial charge in [0.05, 0.1) is 30.6 Å². The van der Waals surface area contributed by atoms with Crippen LogP contribution in [0.3, 0.4) is 0 Å². The summed E-state index contributed by atoms with van der Waals surface area (Å²) < 4.78 is 18.8. The molecule has 1 aliphatic rings. The normalized spacial score (nSPS) is 23.0. The van der Waals surface area contributed by atoms with Crippen molar-refractivity contribution in [2.75, 3.05) is 30.7 Å². The second kappa shape index (κ2) is 6.87. The van der Waals surface area contributed by atoms with Crippen LogP contribution >= 0.6 is 0 Å². The number of carbonyl (C=O) groups excluding carboxylic acids is 1. The fraction of sp³-hybridized carbons (Fsp3) is 0.533. The van der Waals surface area contributed by atoms with Crippen molar-refractivity contribution in [1.29, 1.82) is 0 Å². The monoisotopic (exact) mass is 295 g/mol. The lowest BCUT2D eigenvalue weighted by molar-refractivity contribution is -0.121. The van der Waals surface area contributed by atoms with Gasteiger partial charge in [-0.05, 0) is 31.5 Å². The Labute approximate surface area is 124 Å². The summed E-state index contributed by atoms with van der Waals surface area (Å²) in [4.78, 5) is 14.2. The lowest BCUT2D eigenvalue weighted by Gasteiger charge is -2.37. The molecule has 116 valence electrons. The van der Waals surface area contributed by atoms with Crippen LogP contribution in [-0.4, -0.2) is 42.6 Å². The number of benzene rings is 1. The smallest absolute Gasteiger partial charge is 0.238 e. The van der Waals surface area contributed by atoms with E-state index in [9.17, 15) is 9.18 Å². The highest BCUT2D eigenvalue weighted by Gasteiger charge is 2.27. The van der Waals surface area contributed by atoms with Gasteiger partial charge in [0, 0.05) is 12.6 Å². The quantitative estimate of drug-likeness (QED) is 0.832. The fourth-order valence-corrected chi connectivity index (χ4v) is 2.49. The van der Waals surface area contributed by atoms with Gasteiger partial charge in [-0.25, -0.2) is 4.39 Å². The second-order valence-corrected chi connectivity index (χ2v) is 5.42. The Bertz CT molecular complexity index is 510. The van der Waals surface area contributed by atoms with E-state index >= 15 is 0 Å². The molecule has 1 aromatic carbocycles. The zero-order chi connectivity index (χ0) is 15.4. The number of nitrogens with one attached hydrogen (secondary N) is 1. The van der Waals surface area contributed by atoms with E-state index in [0.717, 1.165) is 6.42 Å². The number of ether oxygens (including phenoxy) is 1. The van der Waals surface area contributed by atoms with Crippen LogP contribution < -0.4 is 11.1 Å². The van der Waals surface area contributed by atoms with Gasteiger partial charge in [-0.15, -0.1) is 0 Å². The molecular weight excluding hydrogens is 273 g/mol. The van der Waals surface area contributed by atoms with E-state index < -0.39 is 5.82 Å². The van der Waals surface area contributed by atoms with Crippen molar-refractivity contribution in [2.45, 2.75) is 32.4 Å². The maximum absolute atomic E-state index is 13.2. The van der Waals surface area contributed by atoms with Crippen LogP contribution in [0.2, 0.25) is 0 Å². The molecule has 1 aliphatic heterocycles. The van der Waals surface area contributed by atoms with Crippen molar-refractivity contribution in [1.82, 2.24) is 4.90 Å². The first-order valence-electron chi connectivity index (χ1n) is 7.20. The molecule has 1 saturated heterocycles. The standard InChI is InChI=1S/C15H22FN3O2/c1-3-12-9-21-10(2)7-19(12)8-15(20)18-14-6-11(16)4-5-13(14)17/h4-6,10,12H,3,7-9,17H2,1-2H3,(H,18,20). The van der Waals surface area contributed by atoms with Gasteiger partial charge in [-0.2, -0.15) is 0 Å². The van der Waals surface area contributed by atoms with Gasteiger partial charge in [0.2, 0.25) is 5.91 Å². The van der Waals surface area contributed by atoms with Gasteiger partial charge in [-0.3, -0.25) is 9.69 Å². The molecule has 3 N–H and O–H groups in total. The Morgan fingerprint density at radius 2 is 2.33 bits per heavy atom. The van der Waals surface area contributed by atoms with Crippen molar-refractivity contribution < 1.29 is 13.9 Å². The molecule has 6 heteroatoms. The maximum atomic E-state index is 13.2. The summed E-state index contributed by atoms with van der Waals surface area (Å²) in [5.41, 5.74) is 6.40. The summed E-state index contributed by atoms with van der Waals surface area (Å²) in [6, 6.07) is 4.17. The molecule has 2 rings (SSSR count). The van der Waals surface area contributed by atoms with E-state index in [4.69, 9.17) is 10.5 Å². The molecule has 2 unspecified atom stereocenters. The summed E-state index contributed by atoms with van der Waals surface area (Å²) in [5, 5.41) is 2.67. The molecule has 1 amide bonds. The first-order chi connectivity index (χ1) is 9.99. The molecule has 0 spiro atoms. The lowest BCUT2D eigenvalue weighted by Crippen LogP contribution is -2.51. The molecule has 5 nitrogen and oxygen atoms in total. The van der Waals surface area contributed by atoms with Gasteiger partial charge < -0.3 is 15.8 Å². The minimum atomic E-state index is -0.425. The van der Waals surface area contributed by atoms with Crippen molar-refractivity contribution in [3.8, 4) is 0 Å². The third-order valence-electron chi connectivity index (χ3n) is 3.69. The molecular formula is C15H22FN3O2. The fourth-order valence-electron chi connectivity index (χ4n) is 2.49. The number of anilines is 2. The van der Waals surface area contributed by atoms with Crippen LogP contribution in [0.4, 0.5) is 15.8 Å². The van der Waals surface area contributed by atoms with Crippen molar-refractivity contribution in [3.05, 3.63) is 24.0 Å². The van der Waals surface area contributed by atoms with Crippen LogP contribution in [0.25, 0.3) is 0 Å². The average molecular weight is 295 g/mol. The van der Waals surface area contributed by atoms with E-state index in [1.165, 1.54) is 18.2 Å². The third kappa shape index (κ3) is 4.15. The number of rotatable bonds is 4. The van der Waals surface area contributed by atoms with Crippen molar-refractivity contribution in [2.24, 2.45) is 0 Å². The Kier molecular flexibility index (Phi) is 5.14. The third-order valence-corrected chi connectivity index (χ3v) is 3.69.